The molecule has 0 saturated heterocycles. The zero-order valence-corrected chi connectivity index (χ0v) is 11.3. The van der Waals surface area contributed by atoms with Crippen molar-refractivity contribution in [1.82, 2.24) is 9.88 Å². The van der Waals surface area contributed by atoms with Gasteiger partial charge in [-0.15, -0.1) is 0 Å². The van der Waals surface area contributed by atoms with E-state index in [1.807, 2.05) is 0 Å². The third-order valence-corrected chi connectivity index (χ3v) is 3.07. The van der Waals surface area contributed by atoms with Crippen molar-refractivity contribution in [3.05, 3.63) is 40.2 Å². The highest BCUT2D eigenvalue weighted by atomic mass is 16.5. The number of rotatable bonds is 4. The quantitative estimate of drug-likeness (QED) is 0.795. The largest absolute Gasteiger partial charge is 0.859 e. The van der Waals surface area contributed by atoms with Crippen LogP contribution in [-0.4, -0.2) is 30.7 Å². The van der Waals surface area contributed by atoms with Crippen LogP contribution in [-0.2, 0) is 11.8 Å². The number of amides is 1. The minimum Gasteiger partial charge on any atom is -0.859 e. The van der Waals surface area contributed by atoms with Gasteiger partial charge in [-0.2, -0.15) is 0 Å². The second-order valence-electron chi connectivity index (χ2n) is 4.34. The Morgan fingerprint density at radius 3 is 2.65 bits per heavy atom. The molecule has 0 aliphatic carbocycles. The van der Waals surface area contributed by atoms with E-state index >= 15 is 0 Å². The lowest BCUT2D eigenvalue weighted by Gasteiger charge is -2.19. The topological polar surface area (TPSA) is 83.4 Å². The number of aromatic nitrogens is 1. The molecule has 0 saturated carbocycles. The highest BCUT2D eigenvalue weighted by Crippen LogP contribution is 2.21. The number of nitrogens with one attached hydrogen (secondary N) is 1. The Hall–Kier alpha value is -2.34. The predicted octanol–water partition coefficient (Wildman–Crippen LogP) is -0.0117. The van der Waals surface area contributed by atoms with Gasteiger partial charge in [-0.05, 0) is 11.9 Å². The molecule has 0 bridgehead atoms. The fraction of sp³-hybridized carbons (Fsp3) is 0.286. The molecule has 2 rings (SSSR count). The van der Waals surface area contributed by atoms with Crippen LogP contribution in [0.2, 0.25) is 0 Å². The first-order valence-corrected chi connectivity index (χ1v) is 6.13. The van der Waals surface area contributed by atoms with Gasteiger partial charge < -0.3 is 19.7 Å². The highest BCUT2D eigenvalue weighted by molar-refractivity contribution is 6.08. The number of benzene rings is 1. The number of carbonyl (C=O) groups excluding carboxylic acids is 1. The number of hydrogen-bond donors (Lipinski definition) is 1. The number of pyridine rings is 1. The van der Waals surface area contributed by atoms with Crippen LogP contribution in [0.3, 0.4) is 0 Å². The molecule has 1 aromatic heterocycles. The van der Waals surface area contributed by atoms with Crippen LogP contribution in [0.4, 0.5) is 0 Å². The van der Waals surface area contributed by atoms with Crippen molar-refractivity contribution in [3.8, 4) is 5.88 Å². The Kier molecular flexibility index (Phi) is 4.05. The molecule has 1 aromatic carbocycles. The molecule has 0 unspecified atom stereocenters. The Morgan fingerprint density at radius 1 is 1.35 bits per heavy atom. The van der Waals surface area contributed by atoms with Gasteiger partial charge in [0.1, 0.15) is 0 Å². The summed E-state index contributed by atoms with van der Waals surface area (Å²) >= 11 is 0. The zero-order valence-electron chi connectivity index (χ0n) is 11.3. The molecule has 20 heavy (non-hydrogen) atoms. The molecule has 106 valence electrons. The summed E-state index contributed by atoms with van der Waals surface area (Å²) in [7, 11) is 2.88. The van der Waals surface area contributed by atoms with Gasteiger partial charge in [-0.25, -0.2) is 0 Å². The number of ether oxygens (including phenoxy) is 1. The van der Waals surface area contributed by atoms with Crippen LogP contribution in [0.25, 0.3) is 10.8 Å². The molecule has 0 aliphatic rings. The Balaban J connectivity index is 2.57. The van der Waals surface area contributed by atoms with Gasteiger partial charge in [0.15, 0.2) is 0 Å². The maximum absolute atomic E-state index is 12.1. The van der Waals surface area contributed by atoms with Crippen LogP contribution < -0.4 is 16.0 Å². The van der Waals surface area contributed by atoms with E-state index in [4.69, 9.17) is 4.74 Å². The van der Waals surface area contributed by atoms with Crippen molar-refractivity contribution >= 4 is 16.7 Å². The molecule has 1 N–H and O–H groups in total. The normalized spacial score (nSPS) is 10.7. The first-order chi connectivity index (χ1) is 9.57. The van der Waals surface area contributed by atoms with E-state index in [9.17, 15) is 14.7 Å². The predicted molar refractivity (Wildman–Crippen MR) is 72.8 cm³/mol. The van der Waals surface area contributed by atoms with Crippen molar-refractivity contribution in [2.75, 3.05) is 20.3 Å². The third-order valence-electron chi connectivity index (χ3n) is 3.07. The number of methoxy groups -OCH3 is 1. The maximum Gasteiger partial charge on any atom is 0.257 e. The third kappa shape index (κ3) is 2.37. The molecule has 2 aromatic rings. The summed E-state index contributed by atoms with van der Waals surface area (Å²) in [6.07, 6.45) is 0. The molecular formula is C14H15N2O4-. The first kappa shape index (κ1) is 14.1. The van der Waals surface area contributed by atoms with Crippen molar-refractivity contribution in [2.24, 2.45) is 7.05 Å². The van der Waals surface area contributed by atoms with Crippen LogP contribution >= 0.6 is 0 Å². The van der Waals surface area contributed by atoms with E-state index < -0.39 is 17.3 Å². The van der Waals surface area contributed by atoms with E-state index in [1.165, 1.54) is 14.2 Å². The van der Waals surface area contributed by atoms with Crippen LogP contribution in [0.1, 0.15) is 10.4 Å². The summed E-state index contributed by atoms with van der Waals surface area (Å²) in [5, 5.41) is 15.5. The van der Waals surface area contributed by atoms with Gasteiger partial charge in [-0.3, -0.25) is 9.59 Å². The summed E-state index contributed by atoms with van der Waals surface area (Å²) in [5.74, 6) is -1.09. The molecule has 0 atom stereocenters. The summed E-state index contributed by atoms with van der Waals surface area (Å²) in [5.41, 5.74) is -0.419. The summed E-state index contributed by atoms with van der Waals surface area (Å²) < 4.78 is 5.79. The van der Waals surface area contributed by atoms with Gasteiger partial charge in [0.25, 0.3) is 11.5 Å². The Morgan fingerprint density at radius 2 is 2.00 bits per heavy atom. The van der Waals surface area contributed by atoms with Crippen molar-refractivity contribution in [1.29, 1.82) is 0 Å². The first-order valence-electron chi connectivity index (χ1n) is 6.13. The van der Waals surface area contributed by atoms with Gasteiger partial charge in [0.05, 0.1) is 12.2 Å². The van der Waals surface area contributed by atoms with Crippen LogP contribution in [0.15, 0.2) is 29.1 Å². The van der Waals surface area contributed by atoms with E-state index in [2.05, 4.69) is 5.32 Å². The maximum atomic E-state index is 12.1. The molecule has 0 spiro atoms. The summed E-state index contributed by atoms with van der Waals surface area (Å²) in [6.45, 7) is 0.648. The lowest BCUT2D eigenvalue weighted by molar-refractivity contribution is -0.279. The Labute approximate surface area is 115 Å². The number of fused-ring (bicyclic) bond motifs is 1. The van der Waals surface area contributed by atoms with Crippen molar-refractivity contribution in [2.45, 2.75) is 0 Å². The zero-order chi connectivity index (χ0) is 14.7. The van der Waals surface area contributed by atoms with E-state index in [0.29, 0.717) is 23.9 Å². The monoisotopic (exact) mass is 275 g/mol. The lowest BCUT2D eigenvalue weighted by Crippen LogP contribution is -2.31. The molecule has 6 nitrogen and oxygen atoms in total. The average Bonchev–Trinajstić information content (AvgIpc) is 2.45. The second-order valence-corrected chi connectivity index (χ2v) is 4.34. The van der Waals surface area contributed by atoms with E-state index in [-0.39, 0.29) is 5.56 Å². The summed E-state index contributed by atoms with van der Waals surface area (Å²) in [6, 6.07) is 6.58. The molecule has 6 heteroatoms. The standard InChI is InChI=1S/C14H16N2O4/c1-16-13(18)10-6-4-3-5-9(10)11(14(16)19)12(17)15-7-8-20-2/h3-6,19H,7-8H2,1-2H3,(H,15,17)/p-1. The minimum absolute atomic E-state index is 0.0150. The van der Waals surface area contributed by atoms with Crippen molar-refractivity contribution in [3.63, 3.8) is 0 Å². The number of nitrogens with zero attached hydrogens (tertiary/aromatic N) is 1. The molecule has 1 amide bonds. The average molecular weight is 275 g/mol. The second kappa shape index (κ2) is 5.75. The number of carbonyl (C=O) groups is 1. The molecule has 0 radical (unpaired) electrons. The SMILES string of the molecule is COCCNC(=O)c1c([O-])n(C)c(=O)c2ccccc12. The highest BCUT2D eigenvalue weighted by Gasteiger charge is 2.14. The van der Waals surface area contributed by atoms with Gasteiger partial charge in [0, 0.05) is 31.5 Å². The smallest absolute Gasteiger partial charge is 0.257 e. The summed E-state index contributed by atoms with van der Waals surface area (Å²) in [4.78, 5) is 24.1. The molecular weight excluding hydrogens is 260 g/mol. The van der Waals surface area contributed by atoms with Gasteiger partial charge in [0.2, 0.25) is 0 Å². The van der Waals surface area contributed by atoms with Gasteiger partial charge in [-0.1, -0.05) is 18.2 Å². The fourth-order valence-electron chi connectivity index (χ4n) is 2.02. The minimum atomic E-state index is -0.594. The fourth-order valence-corrected chi connectivity index (χ4v) is 2.02. The molecule has 0 fully saturated rings. The molecule has 1 heterocycles. The van der Waals surface area contributed by atoms with Crippen LogP contribution in [0.5, 0.6) is 5.88 Å². The Bertz CT molecular complexity index is 706. The van der Waals surface area contributed by atoms with Crippen LogP contribution in [0, 0.1) is 0 Å². The van der Waals surface area contributed by atoms with E-state index in [0.717, 1.165) is 4.57 Å². The van der Waals surface area contributed by atoms with Crippen molar-refractivity contribution < 1.29 is 14.6 Å². The molecule has 0 aliphatic heterocycles. The number of hydrogen-bond acceptors (Lipinski definition) is 4. The van der Waals surface area contributed by atoms with Gasteiger partial charge >= 0.3 is 0 Å². The lowest BCUT2D eigenvalue weighted by atomic mass is 10.1. The van der Waals surface area contributed by atoms with E-state index in [1.54, 1.807) is 24.3 Å².